The summed E-state index contributed by atoms with van der Waals surface area (Å²) in [6.45, 7) is 10.7. The molecule has 0 spiro atoms. The summed E-state index contributed by atoms with van der Waals surface area (Å²) < 4.78 is 53.4. The molecule has 4 bridgehead atoms. The minimum absolute atomic E-state index is 0.0437. The van der Waals surface area contributed by atoms with E-state index in [1.165, 1.54) is 18.7 Å². The van der Waals surface area contributed by atoms with Crippen molar-refractivity contribution in [1.29, 1.82) is 5.26 Å². The highest BCUT2D eigenvalue weighted by Gasteiger charge is 2.61. The molecular formula is C40H50N4O12S. The molecule has 0 saturated carbocycles. The Kier molecular flexibility index (Phi) is 11.5. The van der Waals surface area contributed by atoms with Crippen molar-refractivity contribution in [3.8, 4) is 34.8 Å². The minimum Gasteiger partial charge on any atom is -0.493 e. The van der Waals surface area contributed by atoms with Crippen molar-refractivity contribution in [3.05, 3.63) is 39.4 Å². The number of cyclic esters (lactones) is 1. The van der Waals surface area contributed by atoms with Gasteiger partial charge in [0.25, 0.3) is 0 Å². The van der Waals surface area contributed by atoms with Gasteiger partial charge in [0.2, 0.25) is 6.79 Å². The lowest BCUT2D eigenvalue weighted by atomic mass is 9.71. The van der Waals surface area contributed by atoms with E-state index in [-0.39, 0.29) is 32.0 Å². The zero-order valence-corrected chi connectivity index (χ0v) is 34.5. The summed E-state index contributed by atoms with van der Waals surface area (Å²) in [4.78, 5) is 44.3. The van der Waals surface area contributed by atoms with Gasteiger partial charge in [0.15, 0.2) is 29.8 Å². The topological polar surface area (TPSA) is 177 Å². The SMILES string of the molecule is COCCOCOc1c(OC)c(C)cc2c1[C@@H]1C3[C@@H]4SCC(NC(=O)OC(C)(C)C)C(=O)OC[C@H](c5c6c(c(C)c(OC(C)=O)c54)OCO6)N3C(C#N)[C@@H](C2)N1C. The van der Waals surface area contributed by atoms with E-state index in [2.05, 4.69) is 27.3 Å². The third kappa shape index (κ3) is 7.31. The smallest absolute Gasteiger partial charge is 0.408 e. The van der Waals surface area contributed by atoms with Crippen LogP contribution in [0.1, 0.15) is 78.4 Å². The maximum Gasteiger partial charge on any atom is 0.408 e. The Morgan fingerprint density at radius 1 is 1.05 bits per heavy atom. The largest absolute Gasteiger partial charge is 0.493 e. The number of benzene rings is 2. The number of nitrogens with one attached hydrogen (secondary N) is 1. The number of methoxy groups -OCH3 is 2. The summed E-state index contributed by atoms with van der Waals surface area (Å²) >= 11 is 1.39. The van der Waals surface area contributed by atoms with Gasteiger partial charge in [-0.2, -0.15) is 5.26 Å². The number of thioether (sulfide) groups is 1. The second-order valence-electron chi connectivity index (χ2n) is 15.7. The number of ether oxygens (including phenoxy) is 9. The maximum atomic E-state index is 13.9. The Morgan fingerprint density at radius 3 is 2.49 bits per heavy atom. The Hall–Kier alpha value is -4.47. The number of alkyl carbamates (subject to hydrolysis) is 1. The van der Waals surface area contributed by atoms with E-state index >= 15 is 0 Å². The molecule has 2 fully saturated rings. The van der Waals surface area contributed by atoms with Gasteiger partial charge in [-0.05, 0) is 59.2 Å². The zero-order chi connectivity index (χ0) is 40.9. The first-order valence-electron chi connectivity index (χ1n) is 18.9. The number of hydrogen-bond acceptors (Lipinski definition) is 16. The predicted octanol–water partition coefficient (Wildman–Crippen LogP) is 4.42. The van der Waals surface area contributed by atoms with Crippen molar-refractivity contribution in [2.24, 2.45) is 0 Å². The zero-order valence-electron chi connectivity index (χ0n) is 33.7. The lowest BCUT2D eigenvalue weighted by Gasteiger charge is -2.61. The number of likely N-dealkylation sites (N-methyl/N-ethyl adjacent to an activating group) is 1. The molecule has 2 aromatic carbocycles. The molecule has 17 heteroatoms. The van der Waals surface area contributed by atoms with E-state index in [0.717, 1.165) is 16.7 Å². The van der Waals surface area contributed by atoms with Gasteiger partial charge in [-0.1, -0.05) is 6.07 Å². The van der Waals surface area contributed by atoms with E-state index in [4.69, 9.17) is 42.6 Å². The van der Waals surface area contributed by atoms with E-state index in [9.17, 15) is 19.6 Å². The summed E-state index contributed by atoms with van der Waals surface area (Å²) in [5, 5.41) is 13.3. The number of carbonyl (C=O) groups excluding carboxylic acids is 3. The number of carbonyl (C=O) groups is 3. The lowest BCUT2D eigenvalue weighted by molar-refractivity contribution is -0.151. The van der Waals surface area contributed by atoms with Crippen molar-refractivity contribution in [2.75, 3.05) is 60.4 Å². The normalized spacial score (nSPS) is 26.2. The fraction of sp³-hybridized carbons (Fsp3) is 0.600. The van der Waals surface area contributed by atoms with Gasteiger partial charge in [-0.15, -0.1) is 11.8 Å². The highest BCUT2D eigenvalue weighted by atomic mass is 32.2. The molecule has 0 aliphatic carbocycles. The van der Waals surface area contributed by atoms with E-state index < -0.39 is 59.1 Å². The maximum absolute atomic E-state index is 13.9. The number of nitrogens with zero attached hydrogens (tertiary/aromatic N) is 3. The second-order valence-corrected chi connectivity index (χ2v) is 16.9. The van der Waals surface area contributed by atoms with Gasteiger partial charge >= 0.3 is 18.0 Å². The second kappa shape index (κ2) is 16.1. The minimum atomic E-state index is -1.10. The summed E-state index contributed by atoms with van der Waals surface area (Å²) in [6, 6.07) is 0.905. The first-order valence-corrected chi connectivity index (χ1v) is 20.0. The Labute approximate surface area is 336 Å². The predicted molar refractivity (Wildman–Crippen MR) is 205 cm³/mol. The molecule has 5 aliphatic rings. The van der Waals surface area contributed by atoms with Crippen LogP contribution in [-0.4, -0.2) is 118 Å². The van der Waals surface area contributed by atoms with Gasteiger partial charge in [0.1, 0.15) is 30.0 Å². The van der Waals surface area contributed by atoms with Crippen molar-refractivity contribution in [2.45, 2.75) is 95.1 Å². The number of fused-ring (bicyclic) bond motifs is 9. The van der Waals surface area contributed by atoms with Crippen LogP contribution in [0.5, 0.6) is 28.7 Å². The van der Waals surface area contributed by atoms with Crippen molar-refractivity contribution in [1.82, 2.24) is 15.1 Å². The number of rotatable bonds is 9. The summed E-state index contributed by atoms with van der Waals surface area (Å²) in [6.07, 6.45) is -0.254. The summed E-state index contributed by atoms with van der Waals surface area (Å²) in [5.74, 6) is 1.11. The molecule has 2 saturated heterocycles. The monoisotopic (exact) mass is 810 g/mol. The molecule has 5 heterocycles. The number of hydrogen-bond donors (Lipinski definition) is 1. The quantitative estimate of drug-likeness (QED) is 0.163. The van der Waals surface area contributed by atoms with Crippen LogP contribution < -0.4 is 29.0 Å². The van der Waals surface area contributed by atoms with Crippen LogP contribution in [0.3, 0.4) is 0 Å². The summed E-state index contributed by atoms with van der Waals surface area (Å²) in [5.41, 5.74) is 3.79. The van der Waals surface area contributed by atoms with Gasteiger partial charge in [0.05, 0.1) is 43.7 Å². The highest BCUT2D eigenvalue weighted by Crippen LogP contribution is 2.64. The Morgan fingerprint density at radius 2 is 1.81 bits per heavy atom. The van der Waals surface area contributed by atoms with Crippen LogP contribution in [-0.2, 0) is 35.0 Å². The molecule has 16 nitrogen and oxygen atoms in total. The van der Waals surface area contributed by atoms with Crippen molar-refractivity contribution < 1.29 is 57.0 Å². The van der Waals surface area contributed by atoms with Gasteiger partial charge in [-0.25, -0.2) is 9.59 Å². The number of esters is 2. The van der Waals surface area contributed by atoms with Gasteiger partial charge < -0.3 is 47.9 Å². The van der Waals surface area contributed by atoms with Crippen LogP contribution in [0, 0.1) is 25.2 Å². The van der Waals surface area contributed by atoms with Crippen LogP contribution in [0.15, 0.2) is 6.07 Å². The van der Waals surface area contributed by atoms with Crippen LogP contribution >= 0.6 is 11.8 Å². The highest BCUT2D eigenvalue weighted by molar-refractivity contribution is 7.99. The Bertz CT molecular complexity index is 1980. The molecule has 7 rings (SSSR count). The van der Waals surface area contributed by atoms with Crippen molar-refractivity contribution in [3.63, 3.8) is 0 Å². The molecule has 1 amide bonds. The third-order valence-corrected chi connectivity index (χ3v) is 12.4. The van der Waals surface area contributed by atoms with Crippen molar-refractivity contribution >= 4 is 29.8 Å². The summed E-state index contributed by atoms with van der Waals surface area (Å²) in [7, 11) is 5.21. The molecular weight excluding hydrogens is 761 g/mol. The standard InChI is InChI=1S/C40H50N4O12S/c1-19-12-22-13-24-25(14-41)44-26-15-51-38(46)23(42-39(47)56-40(4,5)6)16-57-37(29-28(26)36-34(53-18-54-36)20(2)33(29)55-21(3)45)31(44)30(43(24)7)27(22)35(32(19)49-9)52-17-50-11-10-48-8/h12,23-26,30-31,37H,10-11,13,15-18H2,1-9H3,(H,42,47)/t23?,24-,25?,26-,30-,31?,37-/m1/s1. The fourth-order valence-electron chi connectivity index (χ4n) is 8.94. The van der Waals surface area contributed by atoms with Crippen LogP contribution in [0.2, 0.25) is 0 Å². The molecule has 57 heavy (non-hydrogen) atoms. The molecule has 2 aromatic rings. The Balaban J connectivity index is 1.46. The average Bonchev–Trinajstić information content (AvgIpc) is 3.63. The van der Waals surface area contributed by atoms with E-state index in [1.54, 1.807) is 35.0 Å². The first kappa shape index (κ1) is 40.7. The molecule has 7 atom stereocenters. The average molecular weight is 811 g/mol. The first-order chi connectivity index (χ1) is 27.2. The number of piperazine rings is 1. The number of amides is 1. The molecule has 1 N–H and O–H groups in total. The third-order valence-electron chi connectivity index (χ3n) is 11.0. The van der Waals surface area contributed by atoms with Crippen LogP contribution in [0.25, 0.3) is 0 Å². The molecule has 0 aromatic heterocycles. The van der Waals surface area contributed by atoms with E-state index in [0.29, 0.717) is 65.1 Å². The number of nitriles is 1. The molecule has 5 aliphatic heterocycles. The van der Waals surface area contributed by atoms with Gasteiger partial charge in [0, 0.05) is 54.1 Å². The van der Waals surface area contributed by atoms with E-state index in [1.807, 2.05) is 20.9 Å². The number of aryl methyl sites for hydroxylation is 1. The van der Waals surface area contributed by atoms with Crippen LogP contribution in [0.4, 0.5) is 4.79 Å². The molecule has 3 unspecified atom stereocenters. The van der Waals surface area contributed by atoms with Gasteiger partial charge in [-0.3, -0.25) is 14.6 Å². The fourth-order valence-corrected chi connectivity index (χ4v) is 10.4. The molecule has 0 radical (unpaired) electrons. The molecule has 308 valence electrons. The lowest BCUT2D eigenvalue weighted by Crippen LogP contribution is -2.69.